The van der Waals surface area contributed by atoms with Crippen LogP contribution in [0.3, 0.4) is 0 Å². The van der Waals surface area contributed by atoms with Gasteiger partial charge in [0.2, 0.25) is 5.91 Å². The smallest absolute Gasteiger partial charge is 0.242 e. The number of thiophene rings is 1. The number of rotatable bonds is 3. The summed E-state index contributed by atoms with van der Waals surface area (Å²) < 4.78 is 0. The average molecular weight is 240 g/mol. The van der Waals surface area contributed by atoms with Gasteiger partial charge in [-0.25, -0.2) is 0 Å². The molecule has 0 fully saturated rings. The van der Waals surface area contributed by atoms with Gasteiger partial charge in [-0.1, -0.05) is 26.8 Å². The van der Waals surface area contributed by atoms with Crippen LogP contribution in [0.1, 0.15) is 38.6 Å². The van der Waals surface area contributed by atoms with Crippen LogP contribution in [0, 0.1) is 5.41 Å². The molecule has 0 radical (unpaired) electrons. The Balaban J connectivity index is 2.60. The Hall–Kier alpha value is -0.870. The lowest BCUT2D eigenvalue weighted by molar-refractivity contribution is -0.123. The molecule has 0 aliphatic carbocycles. The Bertz CT molecular complexity index is 340. The minimum absolute atomic E-state index is 0.0465. The Morgan fingerprint density at radius 1 is 1.50 bits per heavy atom. The second-order valence-corrected chi connectivity index (χ2v) is 6.07. The molecule has 3 N–H and O–H groups in total. The number of amides is 1. The largest absolute Gasteiger partial charge is 0.351 e. The highest BCUT2D eigenvalue weighted by Crippen LogP contribution is 2.21. The van der Waals surface area contributed by atoms with Gasteiger partial charge >= 0.3 is 0 Å². The summed E-state index contributed by atoms with van der Waals surface area (Å²) in [5, 5.41) is 4.88. The first-order valence-corrected chi connectivity index (χ1v) is 6.29. The zero-order chi connectivity index (χ0) is 12.3. The quantitative estimate of drug-likeness (QED) is 0.851. The summed E-state index contributed by atoms with van der Waals surface area (Å²) in [5.74, 6) is -0.107. The van der Waals surface area contributed by atoms with E-state index in [0.29, 0.717) is 0 Å². The molecule has 1 heterocycles. The summed E-state index contributed by atoms with van der Waals surface area (Å²) in [6.07, 6.45) is 0. The summed E-state index contributed by atoms with van der Waals surface area (Å²) in [7, 11) is 0. The van der Waals surface area contributed by atoms with Gasteiger partial charge in [-0.05, 0) is 23.8 Å². The summed E-state index contributed by atoms with van der Waals surface area (Å²) in [5.41, 5.74) is 5.92. The first kappa shape index (κ1) is 13.2. The van der Waals surface area contributed by atoms with Gasteiger partial charge in [-0.2, -0.15) is 0 Å². The third kappa shape index (κ3) is 3.32. The van der Waals surface area contributed by atoms with Gasteiger partial charge < -0.3 is 11.1 Å². The monoisotopic (exact) mass is 240 g/mol. The van der Waals surface area contributed by atoms with E-state index in [9.17, 15) is 4.79 Å². The van der Waals surface area contributed by atoms with Crippen LogP contribution in [0.5, 0.6) is 0 Å². The standard InChI is InChI=1S/C12H20N2OS/c1-8(12(2,3)4)14-11(15)10(13)9-6-5-7-16-9/h5-8,10H,13H2,1-4H3,(H,14,15). The van der Waals surface area contributed by atoms with Crippen LogP contribution in [0.2, 0.25) is 0 Å². The molecular formula is C12H20N2OS. The first-order valence-electron chi connectivity index (χ1n) is 5.41. The highest BCUT2D eigenvalue weighted by molar-refractivity contribution is 7.10. The highest BCUT2D eigenvalue weighted by Gasteiger charge is 2.24. The predicted octanol–water partition coefficient (Wildman–Crippen LogP) is 2.30. The van der Waals surface area contributed by atoms with Gasteiger partial charge in [0, 0.05) is 10.9 Å². The van der Waals surface area contributed by atoms with Crippen molar-refractivity contribution >= 4 is 17.2 Å². The molecule has 3 nitrogen and oxygen atoms in total. The van der Waals surface area contributed by atoms with Crippen molar-refractivity contribution in [2.75, 3.05) is 0 Å². The van der Waals surface area contributed by atoms with Crippen LogP contribution >= 0.6 is 11.3 Å². The zero-order valence-electron chi connectivity index (χ0n) is 10.3. The fourth-order valence-corrected chi connectivity index (χ4v) is 1.84. The fourth-order valence-electron chi connectivity index (χ4n) is 1.12. The van der Waals surface area contributed by atoms with Gasteiger partial charge in [-0.15, -0.1) is 11.3 Å². The number of nitrogens with two attached hydrogens (primary N) is 1. The van der Waals surface area contributed by atoms with Crippen LogP contribution in [-0.4, -0.2) is 11.9 Å². The van der Waals surface area contributed by atoms with Crippen molar-refractivity contribution in [3.8, 4) is 0 Å². The van der Waals surface area contributed by atoms with Crippen molar-refractivity contribution in [1.82, 2.24) is 5.32 Å². The molecule has 0 bridgehead atoms. The van der Waals surface area contributed by atoms with E-state index >= 15 is 0 Å². The summed E-state index contributed by atoms with van der Waals surface area (Å²) >= 11 is 1.51. The molecule has 1 rings (SSSR count). The molecule has 0 saturated heterocycles. The lowest BCUT2D eigenvalue weighted by Crippen LogP contribution is -2.45. The van der Waals surface area contributed by atoms with Crippen molar-refractivity contribution in [3.05, 3.63) is 22.4 Å². The van der Waals surface area contributed by atoms with Gasteiger partial charge in [0.1, 0.15) is 6.04 Å². The molecule has 1 aromatic rings. The van der Waals surface area contributed by atoms with Crippen LogP contribution in [0.25, 0.3) is 0 Å². The van der Waals surface area contributed by atoms with E-state index in [2.05, 4.69) is 26.1 Å². The second kappa shape index (κ2) is 4.97. The molecule has 0 aliphatic rings. The van der Waals surface area contributed by atoms with Gasteiger partial charge in [-0.3, -0.25) is 4.79 Å². The van der Waals surface area contributed by atoms with E-state index < -0.39 is 6.04 Å². The lowest BCUT2D eigenvalue weighted by atomic mass is 9.88. The second-order valence-electron chi connectivity index (χ2n) is 5.09. The minimum atomic E-state index is -0.551. The van der Waals surface area contributed by atoms with E-state index in [-0.39, 0.29) is 17.4 Å². The molecule has 90 valence electrons. The Morgan fingerprint density at radius 2 is 2.12 bits per heavy atom. The summed E-state index contributed by atoms with van der Waals surface area (Å²) in [6.45, 7) is 8.27. The van der Waals surface area contributed by atoms with Crippen molar-refractivity contribution in [2.24, 2.45) is 11.1 Å². The summed E-state index contributed by atoms with van der Waals surface area (Å²) in [6, 6.07) is 3.34. The Kier molecular flexibility index (Phi) is 4.10. The zero-order valence-corrected chi connectivity index (χ0v) is 11.1. The maximum Gasteiger partial charge on any atom is 0.242 e. The predicted molar refractivity (Wildman–Crippen MR) is 68.3 cm³/mol. The first-order chi connectivity index (χ1) is 7.32. The van der Waals surface area contributed by atoms with Crippen LogP contribution in [-0.2, 0) is 4.79 Å². The molecule has 4 heteroatoms. The van der Waals surface area contributed by atoms with Crippen LogP contribution in [0.4, 0.5) is 0 Å². The molecule has 16 heavy (non-hydrogen) atoms. The molecule has 1 amide bonds. The van der Waals surface area contributed by atoms with Gasteiger partial charge in [0.25, 0.3) is 0 Å². The van der Waals surface area contributed by atoms with Crippen LogP contribution in [0.15, 0.2) is 17.5 Å². The van der Waals surface area contributed by atoms with E-state index in [4.69, 9.17) is 5.73 Å². The molecular weight excluding hydrogens is 220 g/mol. The Labute approximate surface area is 101 Å². The van der Waals surface area contributed by atoms with Crippen molar-refractivity contribution in [3.63, 3.8) is 0 Å². The van der Waals surface area contributed by atoms with Gasteiger partial charge in [0.15, 0.2) is 0 Å². The number of hydrogen-bond donors (Lipinski definition) is 2. The van der Waals surface area contributed by atoms with E-state index in [1.54, 1.807) is 0 Å². The van der Waals surface area contributed by atoms with E-state index in [1.165, 1.54) is 11.3 Å². The third-order valence-electron chi connectivity index (χ3n) is 2.79. The Morgan fingerprint density at radius 3 is 2.56 bits per heavy atom. The van der Waals surface area contributed by atoms with Crippen molar-refractivity contribution < 1.29 is 4.79 Å². The number of hydrogen-bond acceptors (Lipinski definition) is 3. The van der Waals surface area contributed by atoms with Crippen molar-refractivity contribution in [2.45, 2.75) is 39.8 Å². The molecule has 0 aliphatic heterocycles. The normalized spacial score (nSPS) is 15.6. The molecule has 1 aromatic heterocycles. The van der Waals surface area contributed by atoms with E-state index in [1.807, 2.05) is 24.4 Å². The molecule has 0 saturated carbocycles. The lowest BCUT2D eigenvalue weighted by Gasteiger charge is -2.29. The number of carbonyl (C=O) groups excluding carboxylic acids is 1. The minimum Gasteiger partial charge on any atom is -0.351 e. The van der Waals surface area contributed by atoms with Gasteiger partial charge in [0.05, 0.1) is 0 Å². The average Bonchev–Trinajstić information content (AvgIpc) is 2.67. The molecule has 0 aromatic carbocycles. The third-order valence-corrected chi connectivity index (χ3v) is 3.75. The number of carbonyl (C=O) groups is 1. The van der Waals surface area contributed by atoms with E-state index in [0.717, 1.165) is 4.88 Å². The summed E-state index contributed by atoms with van der Waals surface area (Å²) in [4.78, 5) is 12.8. The fraction of sp³-hybridized carbons (Fsp3) is 0.583. The highest BCUT2D eigenvalue weighted by atomic mass is 32.1. The SMILES string of the molecule is CC(NC(=O)C(N)c1cccs1)C(C)(C)C. The van der Waals surface area contributed by atoms with Crippen LogP contribution < -0.4 is 11.1 Å². The molecule has 0 spiro atoms. The number of nitrogens with one attached hydrogen (secondary N) is 1. The van der Waals surface area contributed by atoms with Crippen molar-refractivity contribution in [1.29, 1.82) is 0 Å². The molecule has 2 unspecified atom stereocenters. The maximum absolute atomic E-state index is 11.9. The maximum atomic E-state index is 11.9. The topological polar surface area (TPSA) is 55.1 Å². The molecule has 2 atom stereocenters.